The molecule has 0 amide bonds. The molecule has 0 bridgehead atoms. The first kappa shape index (κ1) is 33.3. The van der Waals surface area contributed by atoms with E-state index in [1.807, 2.05) is 43.8 Å². The molecule has 0 aliphatic carbocycles. The Morgan fingerprint density at radius 3 is 1.09 bits per heavy atom. The summed E-state index contributed by atoms with van der Waals surface area (Å²) in [6.45, 7) is 5.25. The third-order valence-electron chi connectivity index (χ3n) is 9.62. The quantitative estimate of drug-likeness (QED) is 0.129. The molecule has 53 heavy (non-hydrogen) atoms. The van der Waals surface area contributed by atoms with Crippen molar-refractivity contribution >= 4 is 21.5 Å². The van der Waals surface area contributed by atoms with Gasteiger partial charge in [0.1, 0.15) is 0 Å². The molecular weight excluding hydrogens is 641 g/mol. The van der Waals surface area contributed by atoms with Crippen LogP contribution in [0.25, 0.3) is 88.3 Å². The Labute approximate surface area is 311 Å². The van der Waals surface area contributed by atoms with Gasteiger partial charge in [0.05, 0.1) is 0 Å². The van der Waals surface area contributed by atoms with Gasteiger partial charge in [-0.3, -0.25) is 9.97 Å². The second-order valence-electron chi connectivity index (χ2n) is 13.1. The Kier molecular flexibility index (Phi) is 9.50. The van der Waals surface area contributed by atoms with Crippen molar-refractivity contribution in [3.05, 3.63) is 207 Å². The minimum absolute atomic E-state index is 1.10. The molecule has 0 aliphatic rings. The predicted octanol–water partition coefficient (Wildman–Crippen LogP) is 14.0. The maximum Gasteiger partial charge on any atom is 0.0346 e. The molecule has 0 saturated carbocycles. The molecule has 0 saturated heterocycles. The van der Waals surface area contributed by atoms with Crippen LogP contribution in [0.1, 0.15) is 6.92 Å². The first-order valence-corrected chi connectivity index (χ1v) is 17.9. The van der Waals surface area contributed by atoms with E-state index in [0.29, 0.717) is 0 Å². The number of pyridine rings is 2. The third kappa shape index (κ3) is 6.79. The van der Waals surface area contributed by atoms with Crippen LogP contribution >= 0.6 is 0 Å². The molecule has 0 spiro atoms. The minimum Gasteiger partial charge on any atom is -0.264 e. The molecule has 0 N–H and O–H groups in total. The number of aromatic nitrogens is 2. The summed E-state index contributed by atoms with van der Waals surface area (Å²) in [6.07, 6.45) is 9.28. The van der Waals surface area contributed by atoms with Crippen LogP contribution in [0.3, 0.4) is 0 Å². The molecular formula is C51H38N2. The molecule has 2 heterocycles. The van der Waals surface area contributed by atoms with Gasteiger partial charge < -0.3 is 0 Å². The average Bonchev–Trinajstić information content (AvgIpc) is 3.24. The fourth-order valence-corrected chi connectivity index (χ4v) is 7.25. The lowest BCUT2D eigenvalue weighted by Gasteiger charge is -2.20. The van der Waals surface area contributed by atoms with E-state index in [0.717, 1.165) is 22.3 Å². The van der Waals surface area contributed by atoms with Gasteiger partial charge in [0.25, 0.3) is 0 Å². The van der Waals surface area contributed by atoms with Gasteiger partial charge in [0.15, 0.2) is 0 Å². The molecule has 0 radical (unpaired) electrons. The van der Waals surface area contributed by atoms with Gasteiger partial charge in [-0.2, -0.15) is 0 Å². The van der Waals surface area contributed by atoms with Crippen LogP contribution < -0.4 is 0 Å². The van der Waals surface area contributed by atoms with Crippen molar-refractivity contribution in [2.75, 3.05) is 0 Å². The number of benzene rings is 7. The van der Waals surface area contributed by atoms with Crippen LogP contribution in [0.15, 0.2) is 207 Å². The van der Waals surface area contributed by atoms with Gasteiger partial charge in [0, 0.05) is 35.9 Å². The molecule has 9 aromatic rings. The molecule has 0 atom stereocenters. The smallest absolute Gasteiger partial charge is 0.0346 e. The van der Waals surface area contributed by atoms with E-state index in [2.05, 4.69) is 174 Å². The fraction of sp³-hybridized carbons (Fsp3) is 0.0196. The Balaban J connectivity index is 0.00000129. The van der Waals surface area contributed by atoms with Crippen LogP contribution in [-0.2, 0) is 0 Å². The second kappa shape index (κ2) is 15.1. The topological polar surface area (TPSA) is 25.8 Å². The highest BCUT2D eigenvalue weighted by molar-refractivity contribution is 6.22. The van der Waals surface area contributed by atoms with E-state index < -0.39 is 0 Å². The summed E-state index contributed by atoms with van der Waals surface area (Å²) in [4.78, 5) is 8.83. The fourth-order valence-electron chi connectivity index (χ4n) is 7.25. The Hall–Kier alpha value is -6.90. The largest absolute Gasteiger partial charge is 0.264 e. The lowest BCUT2D eigenvalue weighted by Crippen LogP contribution is -1.93. The maximum absolute atomic E-state index is 4.42. The van der Waals surface area contributed by atoms with Crippen LogP contribution in [-0.4, -0.2) is 9.97 Å². The zero-order valence-corrected chi connectivity index (χ0v) is 29.7. The van der Waals surface area contributed by atoms with E-state index in [9.17, 15) is 0 Å². The van der Waals surface area contributed by atoms with Crippen molar-refractivity contribution in [1.82, 2.24) is 9.97 Å². The monoisotopic (exact) mass is 678 g/mol. The van der Waals surface area contributed by atoms with E-state index in [4.69, 9.17) is 0 Å². The maximum atomic E-state index is 4.42. The molecule has 2 nitrogen and oxygen atoms in total. The first-order chi connectivity index (χ1) is 26.2. The van der Waals surface area contributed by atoms with Gasteiger partial charge in [-0.05, 0) is 121 Å². The van der Waals surface area contributed by atoms with E-state index in [1.165, 1.54) is 66.1 Å². The lowest BCUT2D eigenvalue weighted by atomic mass is 9.83. The number of hydrogen-bond acceptors (Lipinski definition) is 2. The van der Waals surface area contributed by atoms with Gasteiger partial charge in [-0.25, -0.2) is 0 Å². The standard InChI is InChI=1S/C48H32N2.C3H6/c1-3-11-33(12-4-1)37-21-23-43-45(29-37)47(39-17-7-15-35(27-39)41-19-9-25-49-31-41)44-24-22-38(34-13-5-2-6-14-34)30-46(44)48(43)40-18-8-16-36(28-40)42-20-10-26-50-32-42;1-3-2/h1-32H;3H,1H2,2H3. The normalized spacial score (nSPS) is 10.8. The summed E-state index contributed by atoms with van der Waals surface area (Å²) in [6, 6.07) is 61.4. The SMILES string of the molecule is C=CC.c1ccc(-c2ccc3c(-c4cccc(-c5cccnc5)c4)c4cc(-c5ccccc5)ccc4c(-c4cccc(-c5cccnc5)c4)c3c2)cc1. The van der Waals surface area contributed by atoms with Gasteiger partial charge in [-0.15, -0.1) is 6.58 Å². The van der Waals surface area contributed by atoms with Crippen LogP contribution in [0, 0.1) is 0 Å². The molecule has 252 valence electrons. The summed E-state index contributed by atoms with van der Waals surface area (Å²) in [5.74, 6) is 0. The van der Waals surface area contributed by atoms with Crippen LogP contribution in [0.2, 0.25) is 0 Å². The van der Waals surface area contributed by atoms with Crippen molar-refractivity contribution in [2.24, 2.45) is 0 Å². The molecule has 0 aliphatic heterocycles. The zero-order chi connectivity index (χ0) is 36.0. The molecule has 7 aromatic carbocycles. The highest BCUT2D eigenvalue weighted by Gasteiger charge is 2.19. The van der Waals surface area contributed by atoms with Crippen LogP contribution in [0.4, 0.5) is 0 Å². The minimum atomic E-state index is 1.10. The molecule has 2 aromatic heterocycles. The third-order valence-corrected chi connectivity index (χ3v) is 9.62. The van der Waals surface area contributed by atoms with Crippen LogP contribution in [0.5, 0.6) is 0 Å². The molecule has 0 fully saturated rings. The zero-order valence-electron chi connectivity index (χ0n) is 29.7. The molecule has 0 unspecified atom stereocenters. The van der Waals surface area contributed by atoms with E-state index in [-0.39, 0.29) is 0 Å². The average molecular weight is 679 g/mol. The van der Waals surface area contributed by atoms with E-state index in [1.54, 1.807) is 6.08 Å². The highest BCUT2D eigenvalue weighted by atomic mass is 14.6. The van der Waals surface area contributed by atoms with Crippen molar-refractivity contribution in [3.8, 4) is 66.8 Å². The number of allylic oxidation sites excluding steroid dienone is 1. The molecule has 9 rings (SSSR count). The molecule has 2 heteroatoms. The Bertz CT molecular complexity index is 2480. The van der Waals surface area contributed by atoms with Crippen molar-refractivity contribution in [3.63, 3.8) is 0 Å². The van der Waals surface area contributed by atoms with Crippen molar-refractivity contribution < 1.29 is 0 Å². The predicted molar refractivity (Wildman–Crippen MR) is 226 cm³/mol. The van der Waals surface area contributed by atoms with Crippen molar-refractivity contribution in [2.45, 2.75) is 6.92 Å². The summed E-state index contributed by atoms with van der Waals surface area (Å²) in [5, 5.41) is 4.87. The number of nitrogens with zero attached hydrogens (tertiary/aromatic N) is 2. The van der Waals surface area contributed by atoms with E-state index >= 15 is 0 Å². The Morgan fingerprint density at radius 2 is 0.698 bits per heavy atom. The van der Waals surface area contributed by atoms with Gasteiger partial charge in [-0.1, -0.05) is 140 Å². The summed E-state index contributed by atoms with van der Waals surface area (Å²) < 4.78 is 0. The van der Waals surface area contributed by atoms with Crippen molar-refractivity contribution in [1.29, 1.82) is 0 Å². The number of fused-ring (bicyclic) bond motifs is 2. The summed E-state index contributed by atoms with van der Waals surface area (Å²) in [7, 11) is 0. The second-order valence-corrected chi connectivity index (χ2v) is 13.1. The lowest BCUT2D eigenvalue weighted by molar-refractivity contribution is 1.33. The Morgan fingerprint density at radius 1 is 0.340 bits per heavy atom. The number of hydrogen-bond donors (Lipinski definition) is 0. The number of rotatable bonds is 6. The summed E-state index contributed by atoms with van der Waals surface area (Å²) in [5.41, 5.74) is 14.1. The van der Waals surface area contributed by atoms with Gasteiger partial charge in [0.2, 0.25) is 0 Å². The highest BCUT2D eigenvalue weighted by Crippen LogP contribution is 2.47. The van der Waals surface area contributed by atoms with Gasteiger partial charge >= 0.3 is 0 Å². The first-order valence-electron chi connectivity index (χ1n) is 17.9. The summed E-state index contributed by atoms with van der Waals surface area (Å²) >= 11 is 0.